The van der Waals surface area contributed by atoms with Gasteiger partial charge in [0, 0.05) is 12.6 Å². The number of nitrogens with one attached hydrogen (secondary N) is 1. The summed E-state index contributed by atoms with van der Waals surface area (Å²) >= 11 is 0. The number of rotatable bonds is 6. The number of furan rings is 1. The number of carbonyl (C=O) groups excluding carboxylic acids is 2. The smallest absolute Gasteiger partial charge is 0.290 e. The van der Waals surface area contributed by atoms with E-state index in [1.54, 1.807) is 19.1 Å². The first-order valence-corrected chi connectivity index (χ1v) is 11.5. The van der Waals surface area contributed by atoms with Crippen molar-refractivity contribution in [1.82, 2.24) is 10.2 Å². The summed E-state index contributed by atoms with van der Waals surface area (Å²) in [5, 5.41) is 2.99. The Morgan fingerprint density at radius 1 is 1.12 bits per heavy atom. The van der Waals surface area contributed by atoms with E-state index in [4.69, 9.17) is 9.15 Å². The van der Waals surface area contributed by atoms with Crippen molar-refractivity contribution in [1.29, 1.82) is 0 Å². The SMILES string of the molecule is Cc1cccc([C@@H]2c3cc(O[C@@H](C)C(=O)NC4CC4)ccc3CCN2C(=O)c2ccco2)c1. The second kappa shape index (κ2) is 8.77. The molecule has 33 heavy (non-hydrogen) atoms. The average molecular weight is 445 g/mol. The summed E-state index contributed by atoms with van der Waals surface area (Å²) in [4.78, 5) is 27.6. The Hall–Kier alpha value is -3.54. The van der Waals surface area contributed by atoms with Crippen LogP contribution in [0, 0.1) is 6.92 Å². The molecule has 1 aromatic heterocycles. The van der Waals surface area contributed by atoms with E-state index in [1.807, 2.05) is 42.2 Å². The Balaban J connectivity index is 1.49. The first-order chi connectivity index (χ1) is 16.0. The number of hydrogen-bond acceptors (Lipinski definition) is 4. The largest absolute Gasteiger partial charge is 0.481 e. The molecule has 0 radical (unpaired) electrons. The van der Waals surface area contributed by atoms with Gasteiger partial charge in [-0.3, -0.25) is 9.59 Å². The molecule has 0 unspecified atom stereocenters. The molecular weight excluding hydrogens is 416 g/mol. The molecule has 2 amide bonds. The van der Waals surface area contributed by atoms with Gasteiger partial charge in [0.15, 0.2) is 11.9 Å². The van der Waals surface area contributed by atoms with E-state index in [0.717, 1.165) is 36.0 Å². The molecule has 2 aromatic carbocycles. The molecule has 0 spiro atoms. The highest BCUT2D eigenvalue weighted by molar-refractivity contribution is 5.92. The molecule has 2 atom stereocenters. The molecular formula is C27H28N2O4. The highest BCUT2D eigenvalue weighted by Gasteiger charge is 2.34. The monoisotopic (exact) mass is 444 g/mol. The van der Waals surface area contributed by atoms with Gasteiger partial charge in [0.25, 0.3) is 11.8 Å². The molecule has 6 heteroatoms. The first-order valence-electron chi connectivity index (χ1n) is 11.5. The molecule has 170 valence electrons. The highest BCUT2D eigenvalue weighted by Crippen LogP contribution is 2.38. The van der Waals surface area contributed by atoms with Gasteiger partial charge in [0.2, 0.25) is 0 Å². The fourth-order valence-corrected chi connectivity index (χ4v) is 4.43. The van der Waals surface area contributed by atoms with Gasteiger partial charge in [-0.05, 0) is 74.1 Å². The lowest BCUT2D eigenvalue weighted by Gasteiger charge is -2.37. The van der Waals surface area contributed by atoms with E-state index in [9.17, 15) is 9.59 Å². The van der Waals surface area contributed by atoms with Crippen molar-refractivity contribution in [3.05, 3.63) is 88.9 Å². The van der Waals surface area contributed by atoms with Gasteiger partial charge in [-0.2, -0.15) is 0 Å². The van der Waals surface area contributed by atoms with Gasteiger partial charge in [0.05, 0.1) is 12.3 Å². The summed E-state index contributed by atoms with van der Waals surface area (Å²) in [6.07, 6.45) is 3.74. The van der Waals surface area contributed by atoms with Crippen LogP contribution < -0.4 is 10.1 Å². The van der Waals surface area contributed by atoms with Crippen LogP contribution >= 0.6 is 0 Å². The maximum absolute atomic E-state index is 13.3. The number of amides is 2. The molecule has 0 bridgehead atoms. The van der Waals surface area contributed by atoms with Crippen molar-refractivity contribution in [2.75, 3.05) is 6.54 Å². The minimum atomic E-state index is -0.592. The Morgan fingerprint density at radius 3 is 2.70 bits per heavy atom. The quantitative estimate of drug-likeness (QED) is 0.611. The third-order valence-corrected chi connectivity index (χ3v) is 6.30. The maximum atomic E-state index is 13.3. The van der Waals surface area contributed by atoms with Crippen LogP contribution in [0.3, 0.4) is 0 Å². The summed E-state index contributed by atoms with van der Waals surface area (Å²) in [5.41, 5.74) is 4.35. The molecule has 1 aliphatic carbocycles. The molecule has 2 heterocycles. The summed E-state index contributed by atoms with van der Waals surface area (Å²) in [6, 6.07) is 17.6. The van der Waals surface area contributed by atoms with Crippen LogP contribution in [0.5, 0.6) is 5.75 Å². The van der Waals surface area contributed by atoms with Gasteiger partial charge in [-0.15, -0.1) is 0 Å². The topological polar surface area (TPSA) is 71.8 Å². The molecule has 3 aromatic rings. The van der Waals surface area contributed by atoms with Crippen LogP contribution in [-0.2, 0) is 11.2 Å². The number of ether oxygens (including phenoxy) is 1. The van der Waals surface area contributed by atoms with Crippen molar-refractivity contribution in [2.24, 2.45) is 0 Å². The molecule has 0 saturated heterocycles. The second-order valence-electron chi connectivity index (χ2n) is 8.95. The lowest BCUT2D eigenvalue weighted by atomic mass is 9.87. The zero-order valence-electron chi connectivity index (χ0n) is 18.9. The Morgan fingerprint density at radius 2 is 1.97 bits per heavy atom. The van der Waals surface area contributed by atoms with Crippen LogP contribution in [0.2, 0.25) is 0 Å². The number of benzene rings is 2. The van der Waals surface area contributed by atoms with Crippen molar-refractivity contribution in [3.63, 3.8) is 0 Å². The van der Waals surface area contributed by atoms with Crippen molar-refractivity contribution < 1.29 is 18.7 Å². The summed E-state index contributed by atoms with van der Waals surface area (Å²) in [5.74, 6) is 0.715. The van der Waals surface area contributed by atoms with E-state index in [2.05, 4.69) is 17.4 Å². The van der Waals surface area contributed by atoms with E-state index >= 15 is 0 Å². The van der Waals surface area contributed by atoms with E-state index in [-0.39, 0.29) is 17.9 Å². The third kappa shape index (κ3) is 4.51. The summed E-state index contributed by atoms with van der Waals surface area (Å²) < 4.78 is 11.4. The number of hydrogen-bond donors (Lipinski definition) is 1. The van der Waals surface area contributed by atoms with Gasteiger partial charge in [-0.25, -0.2) is 0 Å². The third-order valence-electron chi connectivity index (χ3n) is 6.30. The normalized spacial score (nSPS) is 18.4. The predicted molar refractivity (Wildman–Crippen MR) is 124 cm³/mol. The van der Waals surface area contributed by atoms with Crippen molar-refractivity contribution in [2.45, 2.75) is 51.3 Å². The zero-order chi connectivity index (χ0) is 22.9. The van der Waals surface area contributed by atoms with E-state index < -0.39 is 6.10 Å². The lowest BCUT2D eigenvalue weighted by Crippen LogP contribution is -2.40. The van der Waals surface area contributed by atoms with Crippen LogP contribution in [0.15, 0.2) is 65.3 Å². The Kier molecular flexibility index (Phi) is 5.67. The first kappa shape index (κ1) is 21.3. The summed E-state index contributed by atoms with van der Waals surface area (Å²) in [7, 11) is 0. The van der Waals surface area contributed by atoms with Crippen molar-refractivity contribution >= 4 is 11.8 Å². The lowest BCUT2D eigenvalue weighted by molar-refractivity contribution is -0.127. The summed E-state index contributed by atoms with van der Waals surface area (Å²) in [6.45, 7) is 4.40. The predicted octanol–water partition coefficient (Wildman–Crippen LogP) is 4.42. The van der Waals surface area contributed by atoms with Crippen LogP contribution in [0.4, 0.5) is 0 Å². The molecule has 1 saturated carbocycles. The van der Waals surface area contributed by atoms with Crippen LogP contribution in [0.25, 0.3) is 0 Å². The molecule has 1 fully saturated rings. The number of nitrogens with zero attached hydrogens (tertiary/aromatic N) is 1. The fourth-order valence-electron chi connectivity index (χ4n) is 4.43. The molecule has 5 rings (SSSR count). The minimum Gasteiger partial charge on any atom is -0.481 e. The minimum absolute atomic E-state index is 0.0971. The second-order valence-corrected chi connectivity index (χ2v) is 8.95. The van der Waals surface area contributed by atoms with Crippen LogP contribution in [-0.4, -0.2) is 35.4 Å². The van der Waals surface area contributed by atoms with E-state index in [1.165, 1.54) is 11.8 Å². The Labute approximate surface area is 193 Å². The highest BCUT2D eigenvalue weighted by atomic mass is 16.5. The van der Waals surface area contributed by atoms with E-state index in [0.29, 0.717) is 24.1 Å². The maximum Gasteiger partial charge on any atom is 0.290 e. The van der Waals surface area contributed by atoms with Gasteiger partial charge < -0.3 is 19.4 Å². The fraction of sp³-hybridized carbons (Fsp3) is 0.333. The standard InChI is InChI=1S/C27H28N2O4/c1-17-5-3-6-20(15-17)25-23-16-22(33-18(2)26(30)28-21-9-10-21)11-8-19(23)12-13-29(25)27(31)24-7-4-14-32-24/h3-8,11,14-16,18,21,25H,9-10,12-13H2,1-2H3,(H,28,30)/t18-,25+/m0/s1. The van der Waals surface area contributed by atoms with Gasteiger partial charge in [0.1, 0.15) is 5.75 Å². The van der Waals surface area contributed by atoms with Crippen molar-refractivity contribution in [3.8, 4) is 5.75 Å². The number of fused-ring (bicyclic) bond motifs is 1. The zero-order valence-corrected chi connectivity index (χ0v) is 18.9. The number of aryl methyl sites for hydroxylation is 1. The molecule has 1 aliphatic heterocycles. The number of carbonyl (C=O) groups is 2. The molecule has 6 nitrogen and oxygen atoms in total. The van der Waals surface area contributed by atoms with Crippen LogP contribution in [0.1, 0.15) is 58.6 Å². The molecule has 2 aliphatic rings. The Bertz CT molecular complexity index is 1170. The van der Waals surface area contributed by atoms with Gasteiger partial charge in [-0.1, -0.05) is 35.9 Å². The molecule has 1 N–H and O–H groups in total. The average Bonchev–Trinajstić information content (AvgIpc) is 3.45. The van der Waals surface area contributed by atoms with Gasteiger partial charge >= 0.3 is 0 Å².